The average molecular weight is 286 g/mol. The molecule has 18 heavy (non-hydrogen) atoms. The maximum absolute atomic E-state index is 12.4. The van der Waals surface area contributed by atoms with Gasteiger partial charge >= 0.3 is 0 Å². The maximum atomic E-state index is 12.4. The zero-order valence-electron chi connectivity index (χ0n) is 10.9. The predicted molar refractivity (Wildman–Crippen MR) is 75.1 cm³/mol. The summed E-state index contributed by atoms with van der Waals surface area (Å²) in [5, 5.41) is 5.01. The van der Waals surface area contributed by atoms with Crippen LogP contribution in [0.2, 0.25) is 0 Å². The lowest BCUT2D eigenvalue weighted by atomic mass is 10.3. The molecule has 6 heteroatoms. The topological polar surface area (TPSA) is 49.4 Å². The van der Waals surface area contributed by atoms with E-state index < -0.39 is 10.0 Å². The van der Waals surface area contributed by atoms with Gasteiger partial charge in [0, 0.05) is 18.5 Å². The Morgan fingerprint density at radius 2 is 2.22 bits per heavy atom. The molecule has 0 radical (unpaired) electrons. The van der Waals surface area contributed by atoms with E-state index in [2.05, 4.69) is 11.2 Å². The molecule has 1 aromatic rings. The van der Waals surface area contributed by atoms with Crippen molar-refractivity contribution < 1.29 is 8.42 Å². The van der Waals surface area contributed by atoms with Gasteiger partial charge in [0.15, 0.2) is 0 Å². The Morgan fingerprint density at radius 3 is 2.78 bits per heavy atom. The van der Waals surface area contributed by atoms with Gasteiger partial charge in [0.1, 0.15) is 4.90 Å². The molecule has 0 unspecified atom stereocenters. The summed E-state index contributed by atoms with van der Waals surface area (Å²) in [6.45, 7) is 5.24. The first-order valence-corrected chi connectivity index (χ1v) is 7.94. The van der Waals surface area contributed by atoms with Crippen molar-refractivity contribution in [2.45, 2.75) is 25.3 Å². The largest absolute Gasteiger partial charge is 0.312 e. The second-order valence-corrected chi connectivity index (χ2v) is 6.86. The zero-order valence-corrected chi connectivity index (χ0v) is 12.5. The van der Waals surface area contributed by atoms with E-state index >= 15 is 0 Å². The molecule has 0 bridgehead atoms. The number of nitrogens with one attached hydrogen (secondary N) is 1. The summed E-state index contributed by atoms with van der Waals surface area (Å²) in [5.74, 6) is 2.35. The first-order chi connectivity index (χ1) is 8.45. The van der Waals surface area contributed by atoms with E-state index in [9.17, 15) is 8.42 Å². The second-order valence-electron chi connectivity index (χ2n) is 3.92. The molecule has 0 amide bonds. The number of sulfonamides is 1. The summed E-state index contributed by atoms with van der Waals surface area (Å²) >= 11 is 1.46. The molecule has 0 aliphatic heterocycles. The highest BCUT2D eigenvalue weighted by molar-refractivity contribution is 7.89. The molecular formula is C12H18N2O2S2. The lowest BCUT2D eigenvalue weighted by Crippen LogP contribution is -2.28. The van der Waals surface area contributed by atoms with Crippen molar-refractivity contribution in [3.63, 3.8) is 0 Å². The molecule has 0 fully saturated rings. The van der Waals surface area contributed by atoms with Crippen LogP contribution in [0.15, 0.2) is 10.3 Å². The third-order valence-electron chi connectivity index (χ3n) is 2.51. The Bertz CT molecular complexity index is 541. The van der Waals surface area contributed by atoms with Gasteiger partial charge in [0.25, 0.3) is 0 Å². The third kappa shape index (κ3) is 3.12. The highest BCUT2D eigenvalue weighted by Crippen LogP contribution is 2.28. The molecule has 4 nitrogen and oxygen atoms in total. The van der Waals surface area contributed by atoms with E-state index in [-0.39, 0.29) is 6.54 Å². The van der Waals surface area contributed by atoms with Gasteiger partial charge in [-0.05, 0) is 24.4 Å². The summed E-state index contributed by atoms with van der Waals surface area (Å²) in [6.07, 6.45) is 5.17. The van der Waals surface area contributed by atoms with E-state index in [1.807, 2.05) is 19.2 Å². The molecule has 1 aromatic heterocycles. The number of nitrogens with zero attached hydrogens (tertiary/aromatic N) is 1. The summed E-state index contributed by atoms with van der Waals surface area (Å²) in [6, 6.07) is 0. The van der Waals surface area contributed by atoms with Gasteiger partial charge in [0.2, 0.25) is 10.0 Å². The van der Waals surface area contributed by atoms with Gasteiger partial charge in [-0.2, -0.15) is 4.31 Å². The number of hydrogen-bond acceptors (Lipinski definition) is 4. The number of rotatable bonds is 6. The molecule has 0 aliphatic rings. The van der Waals surface area contributed by atoms with Crippen molar-refractivity contribution in [3.05, 3.63) is 15.8 Å². The van der Waals surface area contributed by atoms with Gasteiger partial charge in [-0.3, -0.25) is 0 Å². The molecule has 1 heterocycles. The fourth-order valence-corrected chi connectivity index (χ4v) is 4.37. The van der Waals surface area contributed by atoms with Crippen molar-refractivity contribution in [2.24, 2.45) is 0 Å². The SMILES string of the molecule is C#CCN(C)S(=O)(=O)c1c(C)csc1CNCC. The molecule has 0 aliphatic carbocycles. The van der Waals surface area contributed by atoms with Crippen LogP contribution in [0.4, 0.5) is 0 Å². The van der Waals surface area contributed by atoms with Crippen molar-refractivity contribution >= 4 is 21.4 Å². The smallest absolute Gasteiger partial charge is 0.245 e. The van der Waals surface area contributed by atoms with E-state index in [0.717, 1.165) is 17.0 Å². The minimum Gasteiger partial charge on any atom is -0.312 e. The molecule has 0 aromatic carbocycles. The standard InChI is InChI=1S/C12H18N2O2S2/c1-5-7-14(4)18(15,16)12-10(3)9-17-11(12)8-13-6-2/h1,9,13H,6-8H2,2-4H3. The number of terminal acetylenes is 1. The van der Waals surface area contributed by atoms with E-state index in [1.54, 1.807) is 0 Å². The van der Waals surface area contributed by atoms with Crippen molar-refractivity contribution in [2.75, 3.05) is 20.1 Å². The van der Waals surface area contributed by atoms with E-state index in [1.165, 1.54) is 22.7 Å². The Kier molecular flexibility index (Phi) is 5.35. The first kappa shape index (κ1) is 15.2. The Hall–Kier alpha value is -0.870. The fraction of sp³-hybridized carbons (Fsp3) is 0.500. The first-order valence-electron chi connectivity index (χ1n) is 5.62. The van der Waals surface area contributed by atoms with Crippen LogP contribution in [-0.2, 0) is 16.6 Å². The second kappa shape index (κ2) is 6.34. The number of thiophene rings is 1. The van der Waals surface area contributed by atoms with Gasteiger partial charge in [0.05, 0.1) is 6.54 Å². The lowest BCUT2D eigenvalue weighted by Gasteiger charge is -2.16. The quantitative estimate of drug-likeness (QED) is 0.805. The van der Waals surface area contributed by atoms with Crippen molar-refractivity contribution in [1.82, 2.24) is 9.62 Å². The molecule has 1 rings (SSSR count). The fourth-order valence-electron chi connectivity index (χ4n) is 1.56. The van der Waals surface area contributed by atoms with E-state index in [0.29, 0.717) is 11.4 Å². The molecule has 1 N–H and O–H groups in total. The predicted octanol–water partition coefficient (Wildman–Crippen LogP) is 1.42. The molecule has 0 saturated carbocycles. The van der Waals surface area contributed by atoms with Gasteiger partial charge < -0.3 is 5.32 Å². The molecular weight excluding hydrogens is 268 g/mol. The Balaban J connectivity index is 3.15. The van der Waals surface area contributed by atoms with Crippen LogP contribution in [-0.4, -0.2) is 32.9 Å². The summed E-state index contributed by atoms with van der Waals surface area (Å²) in [7, 11) is -1.98. The number of hydrogen-bond donors (Lipinski definition) is 1. The Labute approximate surface area is 113 Å². The monoisotopic (exact) mass is 286 g/mol. The van der Waals surface area contributed by atoms with Crippen LogP contribution < -0.4 is 5.32 Å². The molecule has 0 spiro atoms. The number of aryl methyl sites for hydroxylation is 1. The maximum Gasteiger partial charge on any atom is 0.245 e. The molecule has 100 valence electrons. The normalized spacial score (nSPS) is 11.7. The van der Waals surface area contributed by atoms with Gasteiger partial charge in [-0.15, -0.1) is 17.8 Å². The summed E-state index contributed by atoms with van der Waals surface area (Å²) in [4.78, 5) is 1.23. The van der Waals surface area contributed by atoms with Gasteiger partial charge in [-0.25, -0.2) is 8.42 Å². The van der Waals surface area contributed by atoms with Crippen LogP contribution in [0.3, 0.4) is 0 Å². The molecule has 0 atom stereocenters. The van der Waals surface area contributed by atoms with Crippen LogP contribution in [0.1, 0.15) is 17.4 Å². The summed E-state index contributed by atoms with van der Waals surface area (Å²) in [5.41, 5.74) is 0.775. The van der Waals surface area contributed by atoms with Crippen molar-refractivity contribution in [1.29, 1.82) is 0 Å². The van der Waals surface area contributed by atoms with Crippen molar-refractivity contribution in [3.8, 4) is 12.3 Å². The lowest BCUT2D eigenvalue weighted by molar-refractivity contribution is 0.501. The van der Waals surface area contributed by atoms with Crippen LogP contribution in [0.25, 0.3) is 0 Å². The summed E-state index contributed by atoms with van der Waals surface area (Å²) < 4.78 is 26.0. The van der Waals surface area contributed by atoms with Crippen LogP contribution in [0.5, 0.6) is 0 Å². The van der Waals surface area contributed by atoms with Crippen LogP contribution in [0, 0.1) is 19.3 Å². The average Bonchev–Trinajstić information content (AvgIpc) is 2.68. The molecule has 0 saturated heterocycles. The Morgan fingerprint density at radius 1 is 1.56 bits per heavy atom. The van der Waals surface area contributed by atoms with Gasteiger partial charge in [-0.1, -0.05) is 12.8 Å². The van der Waals surface area contributed by atoms with E-state index in [4.69, 9.17) is 6.42 Å². The van der Waals surface area contributed by atoms with Crippen LogP contribution >= 0.6 is 11.3 Å². The highest BCUT2D eigenvalue weighted by atomic mass is 32.2. The zero-order chi connectivity index (χ0) is 13.8. The minimum atomic E-state index is -3.49. The minimum absolute atomic E-state index is 0.0816. The third-order valence-corrected chi connectivity index (χ3v) is 5.77. The highest BCUT2D eigenvalue weighted by Gasteiger charge is 2.26.